The highest BCUT2D eigenvalue weighted by atomic mass is 35.5. The van der Waals surface area contributed by atoms with Crippen LogP contribution in [0, 0.1) is 12.7 Å². The lowest BCUT2D eigenvalue weighted by molar-refractivity contribution is 0.462. The average Bonchev–Trinajstić information content (AvgIpc) is 2.66. The first kappa shape index (κ1) is 19.3. The van der Waals surface area contributed by atoms with Crippen LogP contribution in [0.2, 0.25) is 5.02 Å². The van der Waals surface area contributed by atoms with Crippen molar-refractivity contribution in [2.45, 2.75) is 11.8 Å². The lowest BCUT2D eigenvalue weighted by atomic mass is 10.1. The van der Waals surface area contributed by atoms with Gasteiger partial charge in [0, 0.05) is 6.54 Å². The normalized spacial score (nSPS) is 10.6. The van der Waals surface area contributed by atoms with E-state index in [1.807, 2.05) is 43.3 Å². The Labute approximate surface area is 168 Å². The lowest BCUT2D eigenvalue weighted by Crippen LogP contribution is -2.15. The smallest absolute Gasteiger partial charge is 0.149 e. The predicted octanol–water partition coefficient (Wildman–Crippen LogP) is 6.86. The van der Waals surface area contributed by atoms with Crippen LogP contribution in [0.15, 0.2) is 78.2 Å². The molecule has 2 nitrogen and oxygen atoms in total. The van der Waals surface area contributed by atoms with Gasteiger partial charge in [-0.25, -0.2) is 4.39 Å². The van der Waals surface area contributed by atoms with Crippen LogP contribution in [0.4, 0.5) is 10.1 Å². The summed E-state index contributed by atoms with van der Waals surface area (Å²) in [4.78, 5) is 0.561. The van der Waals surface area contributed by atoms with E-state index in [4.69, 9.17) is 11.6 Å². The van der Waals surface area contributed by atoms with Crippen molar-refractivity contribution in [1.82, 2.24) is 0 Å². The Kier molecular flexibility index (Phi) is 6.09. The fourth-order valence-electron chi connectivity index (χ4n) is 2.71. The van der Waals surface area contributed by atoms with Gasteiger partial charge in [0.25, 0.3) is 0 Å². The maximum absolute atomic E-state index is 14.6. The quantitative estimate of drug-likeness (QED) is 0.361. The van der Waals surface area contributed by atoms with Crippen molar-refractivity contribution in [3.63, 3.8) is 0 Å². The van der Waals surface area contributed by atoms with Gasteiger partial charge >= 0.3 is 0 Å². The van der Waals surface area contributed by atoms with Gasteiger partial charge in [-0.05, 0) is 59.8 Å². The van der Waals surface area contributed by atoms with Crippen molar-refractivity contribution in [2.75, 3.05) is 10.8 Å². The van der Waals surface area contributed by atoms with Crippen LogP contribution in [-0.4, -0.2) is 11.7 Å². The summed E-state index contributed by atoms with van der Waals surface area (Å²) in [6.07, 6.45) is 1.69. The van der Waals surface area contributed by atoms with E-state index >= 15 is 0 Å². The molecule has 27 heavy (non-hydrogen) atoms. The van der Waals surface area contributed by atoms with Crippen LogP contribution in [-0.2, 0) is 0 Å². The molecule has 1 N–H and O–H groups in total. The van der Waals surface area contributed by atoms with Crippen LogP contribution >= 0.6 is 23.5 Å². The van der Waals surface area contributed by atoms with Gasteiger partial charge in [0.2, 0.25) is 0 Å². The molecule has 0 unspecified atom stereocenters. The Hall–Kier alpha value is -2.43. The van der Waals surface area contributed by atoms with Crippen molar-refractivity contribution in [3.05, 3.63) is 89.7 Å². The molecule has 0 saturated carbocycles. The zero-order valence-corrected chi connectivity index (χ0v) is 16.4. The first-order valence-electron chi connectivity index (χ1n) is 8.40. The van der Waals surface area contributed by atoms with Gasteiger partial charge in [-0.15, -0.1) is 6.58 Å². The lowest BCUT2D eigenvalue weighted by Gasteiger charge is -2.24. The second-order valence-corrected chi connectivity index (χ2v) is 7.54. The summed E-state index contributed by atoms with van der Waals surface area (Å²) >= 11 is 7.31. The van der Waals surface area contributed by atoms with Crippen LogP contribution in [0.25, 0.3) is 11.1 Å². The zero-order valence-electron chi connectivity index (χ0n) is 14.8. The maximum atomic E-state index is 14.6. The van der Waals surface area contributed by atoms with Gasteiger partial charge in [0.15, 0.2) is 0 Å². The topological polar surface area (TPSA) is 23.5 Å². The molecule has 0 aliphatic heterocycles. The highest BCUT2D eigenvalue weighted by Gasteiger charge is 2.17. The Balaban J connectivity index is 2.01. The zero-order chi connectivity index (χ0) is 19.4. The Morgan fingerprint density at radius 3 is 2.56 bits per heavy atom. The summed E-state index contributed by atoms with van der Waals surface area (Å²) in [5, 5.41) is 10.6. The van der Waals surface area contributed by atoms with E-state index in [1.165, 1.54) is 18.0 Å². The van der Waals surface area contributed by atoms with Gasteiger partial charge < -0.3 is 9.41 Å². The first-order chi connectivity index (χ1) is 13.0. The number of phenolic OH excluding ortho intramolecular Hbond substituents is 1. The molecule has 0 aliphatic carbocycles. The average molecular weight is 400 g/mol. The predicted molar refractivity (Wildman–Crippen MR) is 113 cm³/mol. The van der Waals surface area contributed by atoms with Crippen LogP contribution in [0.3, 0.4) is 0 Å². The molecule has 0 atom stereocenters. The third-order valence-corrected chi connectivity index (χ3v) is 5.36. The number of rotatable bonds is 6. The Bertz CT molecular complexity index is 962. The highest BCUT2D eigenvalue weighted by Crippen LogP contribution is 2.40. The van der Waals surface area contributed by atoms with Gasteiger partial charge in [-0.1, -0.05) is 54.1 Å². The molecule has 0 spiro atoms. The third-order valence-electron chi connectivity index (χ3n) is 4.00. The molecule has 0 radical (unpaired) electrons. The molecule has 3 aromatic carbocycles. The number of aryl methyl sites for hydroxylation is 1. The molecular weight excluding hydrogens is 381 g/mol. The van der Waals surface area contributed by atoms with Crippen LogP contribution in [0.1, 0.15) is 5.56 Å². The van der Waals surface area contributed by atoms with Crippen molar-refractivity contribution >= 4 is 29.2 Å². The van der Waals surface area contributed by atoms with Crippen LogP contribution < -0.4 is 4.31 Å². The Morgan fingerprint density at radius 2 is 1.85 bits per heavy atom. The van der Waals surface area contributed by atoms with E-state index in [0.29, 0.717) is 17.1 Å². The molecule has 0 aromatic heterocycles. The number of hydrogen-bond acceptors (Lipinski definition) is 3. The number of halogens is 2. The van der Waals surface area contributed by atoms with E-state index in [-0.39, 0.29) is 16.6 Å². The minimum Gasteiger partial charge on any atom is -0.505 e. The van der Waals surface area contributed by atoms with E-state index in [1.54, 1.807) is 28.6 Å². The number of hydrogen-bond donors (Lipinski definition) is 1. The summed E-state index contributed by atoms with van der Waals surface area (Å²) in [6, 6.07) is 18.3. The molecule has 0 fully saturated rings. The SMILES string of the molecule is C=CCN(Sc1cc(C)cc(Cl)c1O)c1cc(-c2ccccc2)ccc1F. The summed E-state index contributed by atoms with van der Waals surface area (Å²) < 4.78 is 16.4. The molecule has 0 heterocycles. The minimum absolute atomic E-state index is 0.0130. The first-order valence-corrected chi connectivity index (χ1v) is 9.55. The van der Waals surface area contributed by atoms with E-state index in [0.717, 1.165) is 16.7 Å². The monoisotopic (exact) mass is 399 g/mol. The summed E-state index contributed by atoms with van der Waals surface area (Å²) in [6.45, 7) is 6.06. The third kappa shape index (κ3) is 4.46. The molecule has 0 aliphatic rings. The van der Waals surface area contributed by atoms with E-state index in [2.05, 4.69) is 6.58 Å². The number of aromatic hydroxyl groups is 1. The van der Waals surface area contributed by atoms with Crippen molar-refractivity contribution in [2.24, 2.45) is 0 Å². The Morgan fingerprint density at radius 1 is 1.11 bits per heavy atom. The number of anilines is 1. The van der Waals surface area contributed by atoms with Crippen LogP contribution in [0.5, 0.6) is 5.75 Å². The molecule has 3 rings (SSSR count). The van der Waals surface area contributed by atoms with E-state index < -0.39 is 0 Å². The molecule has 3 aromatic rings. The second-order valence-electron chi connectivity index (χ2n) is 6.07. The van der Waals surface area contributed by atoms with Crippen molar-refractivity contribution in [1.29, 1.82) is 0 Å². The molecule has 0 amide bonds. The largest absolute Gasteiger partial charge is 0.505 e. The standard InChI is InChI=1S/C22H19ClFNOS/c1-3-11-25(27-21-13-15(2)12-18(23)22(21)26)20-14-17(9-10-19(20)24)16-7-5-4-6-8-16/h3-10,12-14,26H,1,11H2,2H3. The van der Waals surface area contributed by atoms with Gasteiger partial charge in [0.05, 0.1) is 15.6 Å². The second kappa shape index (κ2) is 8.51. The molecular formula is C22H19ClFNOS. The summed E-state index contributed by atoms with van der Waals surface area (Å²) in [7, 11) is 0. The van der Waals surface area contributed by atoms with Crippen molar-refractivity contribution < 1.29 is 9.50 Å². The fraction of sp³-hybridized carbons (Fsp3) is 0.0909. The molecule has 138 valence electrons. The molecule has 5 heteroatoms. The van der Waals surface area contributed by atoms with Crippen molar-refractivity contribution in [3.8, 4) is 16.9 Å². The van der Waals surface area contributed by atoms with Gasteiger partial charge in [0.1, 0.15) is 11.6 Å². The minimum atomic E-state index is -0.345. The summed E-state index contributed by atoms with van der Waals surface area (Å²) in [5.74, 6) is -0.358. The molecule has 0 saturated heterocycles. The van der Waals surface area contributed by atoms with E-state index in [9.17, 15) is 9.50 Å². The summed E-state index contributed by atoms with van der Waals surface area (Å²) in [5.41, 5.74) is 3.24. The number of benzene rings is 3. The number of nitrogens with zero attached hydrogens (tertiary/aromatic N) is 1. The highest BCUT2D eigenvalue weighted by molar-refractivity contribution is 8.00. The molecule has 0 bridgehead atoms. The van der Waals surface area contributed by atoms with Gasteiger partial charge in [-0.2, -0.15) is 0 Å². The van der Waals surface area contributed by atoms with Gasteiger partial charge in [-0.3, -0.25) is 0 Å². The maximum Gasteiger partial charge on any atom is 0.149 e. The fourth-order valence-corrected chi connectivity index (χ4v) is 4.13. The number of phenols is 1.